The Labute approximate surface area is 534 Å². The average molecular weight is 1260 g/mol. The summed E-state index contributed by atoms with van der Waals surface area (Å²) in [5.41, 5.74) is 1.46. The Morgan fingerprint density at radius 1 is 0.247 bits per heavy atom. The summed E-state index contributed by atoms with van der Waals surface area (Å²) in [6, 6.07) is 5.22. The Hall–Kier alpha value is -5.28. The van der Waals surface area contributed by atoms with Crippen LogP contribution in [0.2, 0.25) is 0 Å². The zero-order chi connectivity index (χ0) is 65.5. The lowest BCUT2D eigenvalue weighted by Gasteiger charge is -2.03. The number of carboxylic acid groups (broad SMARTS) is 4. The van der Waals surface area contributed by atoms with E-state index in [1.54, 1.807) is 0 Å². The van der Waals surface area contributed by atoms with Gasteiger partial charge >= 0.3 is 23.9 Å². The predicted octanol–water partition coefficient (Wildman–Crippen LogP) is 23.2. The minimum atomic E-state index is -1.24. The minimum Gasteiger partial charge on any atom is -0.476 e. The van der Waals surface area contributed by atoms with Gasteiger partial charge < -0.3 is 40.4 Å². The highest BCUT2D eigenvalue weighted by Crippen LogP contribution is 2.20. The van der Waals surface area contributed by atoms with Gasteiger partial charge in [-0.15, -0.1) is 0 Å². The molecule has 4 rings (SSSR count). The summed E-state index contributed by atoms with van der Waals surface area (Å²) in [7, 11) is 0. The minimum absolute atomic E-state index is 0.320. The van der Waals surface area contributed by atoms with E-state index < -0.39 is 47.1 Å². The summed E-state index contributed by atoms with van der Waals surface area (Å²) in [5.74, 6) is -7.58. The first-order valence-corrected chi connectivity index (χ1v) is 35.5. The highest BCUT2D eigenvalue weighted by molar-refractivity contribution is 5.87. The predicted molar refractivity (Wildman–Crippen MR) is 356 cm³/mol. The van der Waals surface area contributed by atoms with Crippen LogP contribution < -0.4 is 0 Å². The van der Waals surface area contributed by atoms with Gasteiger partial charge in [0.1, 0.15) is 0 Å². The standard InChI is InChI=1S/C20H34FNO2.C19H32FNO2.C18H30FNO2.C16H26FNO2/c1-2-3-4-5-6-7-8-9-10-11-12-13-14-15-17-16-18(21)19(22-17)20(23)24;1-2-3-4-5-6-7-8-9-10-11-12-13-14-16-15-17(20)18(21-16)19(22)23;1-2-3-4-5-6-7-8-9-10-11-12-13-15-14-16(19)17(20-15)18(21)22;1-2-3-4-5-6-7-8-9-10-11-13-12-14(17)15(18-13)16(19)20/h16,22H,2-15H2,1H3,(H,23,24);15,21H,2-14H2,1H3,(H,22,23);14,20H,2-13H2,1H3,(H,21,22);12,18H,2-11H2,1H3,(H,19,20). The lowest BCUT2D eigenvalue weighted by Crippen LogP contribution is -1.99. The molecule has 0 amide bonds. The molecule has 16 heteroatoms. The van der Waals surface area contributed by atoms with Crippen LogP contribution in [0.1, 0.15) is 381 Å². The molecule has 0 aromatic carbocycles. The van der Waals surface area contributed by atoms with Crippen molar-refractivity contribution in [2.45, 2.75) is 342 Å². The first kappa shape index (κ1) is 81.7. The molecule has 0 aliphatic rings. The number of rotatable bonds is 53. The van der Waals surface area contributed by atoms with E-state index >= 15 is 0 Å². The van der Waals surface area contributed by atoms with Crippen molar-refractivity contribution in [3.63, 3.8) is 0 Å². The van der Waals surface area contributed by atoms with Crippen LogP contribution in [0, 0.1) is 23.3 Å². The molecule has 0 saturated heterocycles. The van der Waals surface area contributed by atoms with Gasteiger partial charge in [-0.2, -0.15) is 0 Å². The molecule has 0 aliphatic heterocycles. The number of carbonyl (C=O) groups is 4. The molecule has 4 heterocycles. The van der Waals surface area contributed by atoms with Gasteiger partial charge in [-0.3, -0.25) is 0 Å². The van der Waals surface area contributed by atoms with Gasteiger partial charge in [0, 0.05) is 22.8 Å². The van der Waals surface area contributed by atoms with E-state index in [4.69, 9.17) is 20.4 Å². The molecule has 0 radical (unpaired) electrons. The van der Waals surface area contributed by atoms with E-state index in [1.807, 2.05) is 0 Å². The molecule has 0 atom stereocenters. The molecular formula is C73H122F4N4O8. The van der Waals surface area contributed by atoms with E-state index in [1.165, 1.54) is 262 Å². The average Bonchev–Trinajstić information content (AvgIpc) is 3.43. The fourth-order valence-electron chi connectivity index (χ4n) is 11.2. The van der Waals surface area contributed by atoms with E-state index in [9.17, 15) is 36.7 Å². The first-order valence-electron chi connectivity index (χ1n) is 35.5. The van der Waals surface area contributed by atoms with Crippen LogP contribution in [0.15, 0.2) is 24.3 Å². The second-order valence-electron chi connectivity index (χ2n) is 24.8. The number of carboxylic acids is 4. The second kappa shape index (κ2) is 55.6. The lowest BCUT2D eigenvalue weighted by atomic mass is 10.0. The van der Waals surface area contributed by atoms with Gasteiger partial charge in [0.05, 0.1) is 0 Å². The Morgan fingerprint density at radius 3 is 0.483 bits per heavy atom. The third kappa shape index (κ3) is 43.2. The van der Waals surface area contributed by atoms with Crippen molar-refractivity contribution in [3.8, 4) is 0 Å². The van der Waals surface area contributed by atoms with Crippen molar-refractivity contribution in [1.82, 2.24) is 19.9 Å². The maximum absolute atomic E-state index is 13.3. The van der Waals surface area contributed by atoms with Crippen LogP contribution in [-0.2, 0) is 25.7 Å². The maximum Gasteiger partial charge on any atom is 0.355 e. The normalized spacial score (nSPS) is 11.0. The molecule has 12 nitrogen and oxygen atoms in total. The molecule has 4 aromatic heterocycles. The number of aromatic amines is 4. The Balaban J connectivity index is 0.000000594. The fourth-order valence-corrected chi connectivity index (χ4v) is 11.2. The molecule has 0 aliphatic carbocycles. The number of nitrogens with one attached hydrogen (secondary N) is 4. The van der Waals surface area contributed by atoms with Crippen LogP contribution in [0.4, 0.5) is 17.6 Å². The van der Waals surface area contributed by atoms with Crippen molar-refractivity contribution >= 4 is 23.9 Å². The lowest BCUT2D eigenvalue weighted by molar-refractivity contribution is 0.0675. The highest BCUT2D eigenvalue weighted by atomic mass is 19.1. The highest BCUT2D eigenvalue weighted by Gasteiger charge is 2.17. The topological polar surface area (TPSA) is 212 Å². The summed E-state index contributed by atoms with van der Waals surface area (Å²) < 4.78 is 53.1. The molecule has 0 fully saturated rings. The second-order valence-corrected chi connectivity index (χ2v) is 24.8. The first-order chi connectivity index (χ1) is 43.1. The molecule has 8 N–H and O–H groups in total. The number of hydrogen-bond acceptors (Lipinski definition) is 4. The van der Waals surface area contributed by atoms with E-state index in [0.29, 0.717) is 22.8 Å². The summed E-state index contributed by atoms with van der Waals surface area (Å²) in [6.07, 6.45) is 60.4. The summed E-state index contributed by atoms with van der Waals surface area (Å²) >= 11 is 0. The van der Waals surface area contributed by atoms with Crippen molar-refractivity contribution in [1.29, 1.82) is 0 Å². The monoisotopic (exact) mass is 1260 g/mol. The number of halogens is 4. The van der Waals surface area contributed by atoms with E-state index in [-0.39, 0.29) is 22.8 Å². The van der Waals surface area contributed by atoms with Gasteiger partial charge in [0.15, 0.2) is 46.0 Å². The molecule has 0 saturated carbocycles. The van der Waals surface area contributed by atoms with Gasteiger partial charge in [-0.05, 0) is 75.6 Å². The maximum atomic E-state index is 13.3. The number of aryl methyl sites for hydroxylation is 4. The van der Waals surface area contributed by atoms with Gasteiger partial charge in [-0.25, -0.2) is 36.7 Å². The van der Waals surface area contributed by atoms with Gasteiger partial charge in [-0.1, -0.05) is 291 Å². The van der Waals surface area contributed by atoms with Crippen LogP contribution >= 0.6 is 0 Å². The molecule has 0 unspecified atom stereocenters. The van der Waals surface area contributed by atoms with Crippen molar-refractivity contribution in [2.75, 3.05) is 0 Å². The van der Waals surface area contributed by atoms with Crippen LogP contribution in [0.25, 0.3) is 0 Å². The zero-order valence-corrected chi connectivity index (χ0v) is 55.9. The van der Waals surface area contributed by atoms with Crippen LogP contribution in [0.5, 0.6) is 0 Å². The third-order valence-electron chi connectivity index (χ3n) is 16.6. The van der Waals surface area contributed by atoms with E-state index in [2.05, 4.69) is 47.6 Å². The quantitative estimate of drug-likeness (QED) is 0.0157. The van der Waals surface area contributed by atoms with Crippen LogP contribution in [-0.4, -0.2) is 64.2 Å². The SMILES string of the molecule is CCCCCCCCCCCCCCCc1cc(F)c(C(=O)O)[nH]1.CCCCCCCCCCCCCCc1cc(F)c(C(=O)O)[nH]1.CCCCCCCCCCCCCc1cc(F)c(C(=O)O)[nH]1.CCCCCCCCCCCc1cc(F)c(C(=O)O)[nH]1. The summed E-state index contributed by atoms with van der Waals surface area (Å²) in [5, 5.41) is 35.1. The van der Waals surface area contributed by atoms with E-state index in [0.717, 1.165) is 77.0 Å². The largest absolute Gasteiger partial charge is 0.476 e. The smallest absolute Gasteiger partial charge is 0.355 e. The Kier molecular flexibility index (Phi) is 51.0. The molecule has 0 spiro atoms. The number of unbranched alkanes of at least 4 members (excludes halogenated alkanes) is 41. The van der Waals surface area contributed by atoms with Gasteiger partial charge in [0.2, 0.25) is 0 Å². The summed E-state index contributed by atoms with van der Waals surface area (Å²) in [6.45, 7) is 8.96. The molecule has 4 aromatic rings. The fraction of sp³-hybridized carbons (Fsp3) is 0.726. The molecule has 89 heavy (non-hydrogen) atoms. The zero-order valence-electron chi connectivity index (χ0n) is 55.9. The third-order valence-corrected chi connectivity index (χ3v) is 16.6. The number of hydrogen-bond donors (Lipinski definition) is 8. The number of H-pyrrole nitrogens is 4. The molecular weight excluding hydrogens is 1140 g/mol. The van der Waals surface area contributed by atoms with Crippen molar-refractivity contribution in [3.05, 3.63) is 93.1 Å². The molecule has 510 valence electrons. The van der Waals surface area contributed by atoms with Crippen molar-refractivity contribution in [2.24, 2.45) is 0 Å². The summed E-state index contributed by atoms with van der Waals surface area (Å²) in [4.78, 5) is 53.5. The number of aromatic carboxylic acids is 4. The molecule has 0 bridgehead atoms. The Morgan fingerprint density at radius 2 is 0.371 bits per heavy atom. The van der Waals surface area contributed by atoms with Crippen LogP contribution in [0.3, 0.4) is 0 Å². The van der Waals surface area contributed by atoms with Crippen molar-refractivity contribution < 1.29 is 57.2 Å². The number of aromatic nitrogens is 4. The van der Waals surface area contributed by atoms with Gasteiger partial charge in [0.25, 0.3) is 0 Å². The Bertz CT molecular complexity index is 2370.